The minimum Gasteiger partial charge on any atom is -0.497 e. The zero-order valence-corrected chi connectivity index (χ0v) is 13.6. The lowest BCUT2D eigenvalue weighted by Crippen LogP contribution is -2.02. The van der Waals surface area contributed by atoms with Gasteiger partial charge in [0, 0.05) is 5.39 Å². The zero-order chi connectivity index (χ0) is 16.7. The van der Waals surface area contributed by atoms with Crippen LogP contribution in [0.1, 0.15) is 5.56 Å². The Bertz CT molecular complexity index is 1040. The van der Waals surface area contributed by atoms with E-state index in [1.165, 1.54) is 12.1 Å². The molecule has 0 bridgehead atoms. The average Bonchev–Trinajstić information content (AvgIpc) is 2.99. The van der Waals surface area contributed by atoms with Gasteiger partial charge < -0.3 is 4.74 Å². The van der Waals surface area contributed by atoms with Crippen molar-refractivity contribution in [3.8, 4) is 5.75 Å². The van der Waals surface area contributed by atoms with Gasteiger partial charge in [-0.05, 0) is 35.9 Å². The molecule has 6 heteroatoms. The molecule has 0 aliphatic heterocycles. The standard InChI is InChI=1S/C18H13ClFN3O/c1-24-13-5-2-11(3-6-13)10-23-18-15(9-21-23)17(19)14-8-12(20)4-7-16(14)22-18/h2-9H,10H2,1H3. The molecule has 4 aromatic rings. The number of rotatable bonds is 3. The number of nitrogens with zero attached hydrogens (tertiary/aromatic N) is 3. The molecule has 2 aromatic carbocycles. The molecule has 2 heterocycles. The Morgan fingerprint density at radius 1 is 1.12 bits per heavy atom. The summed E-state index contributed by atoms with van der Waals surface area (Å²) in [5, 5.41) is 6.15. The number of fused-ring (bicyclic) bond motifs is 2. The fourth-order valence-electron chi connectivity index (χ4n) is 2.71. The summed E-state index contributed by atoms with van der Waals surface area (Å²) in [5.74, 6) is 0.467. The molecule has 0 aliphatic carbocycles. The highest BCUT2D eigenvalue weighted by atomic mass is 35.5. The van der Waals surface area contributed by atoms with Crippen molar-refractivity contribution >= 4 is 33.5 Å². The number of pyridine rings is 1. The van der Waals surface area contributed by atoms with Crippen molar-refractivity contribution < 1.29 is 9.13 Å². The molecule has 120 valence electrons. The molecule has 0 radical (unpaired) electrons. The topological polar surface area (TPSA) is 39.9 Å². The van der Waals surface area contributed by atoms with E-state index in [4.69, 9.17) is 16.3 Å². The molecule has 0 saturated carbocycles. The SMILES string of the molecule is COc1ccc(Cn2ncc3c(Cl)c4cc(F)ccc4nc32)cc1. The molecule has 4 rings (SSSR count). The molecule has 0 fully saturated rings. The predicted octanol–water partition coefficient (Wildman–Crippen LogP) is 4.43. The second kappa shape index (κ2) is 5.76. The van der Waals surface area contributed by atoms with E-state index in [9.17, 15) is 4.39 Å². The van der Waals surface area contributed by atoms with Gasteiger partial charge in [-0.1, -0.05) is 23.7 Å². The second-order valence-corrected chi connectivity index (χ2v) is 5.85. The van der Waals surface area contributed by atoms with Crippen LogP contribution in [0.25, 0.3) is 21.9 Å². The Morgan fingerprint density at radius 3 is 2.67 bits per heavy atom. The predicted molar refractivity (Wildman–Crippen MR) is 92.1 cm³/mol. The van der Waals surface area contributed by atoms with Gasteiger partial charge in [-0.15, -0.1) is 0 Å². The third-order valence-corrected chi connectivity index (χ3v) is 4.37. The van der Waals surface area contributed by atoms with Gasteiger partial charge in [-0.25, -0.2) is 14.1 Å². The highest BCUT2D eigenvalue weighted by Gasteiger charge is 2.13. The van der Waals surface area contributed by atoms with Gasteiger partial charge in [0.2, 0.25) is 0 Å². The van der Waals surface area contributed by atoms with Crippen LogP contribution in [-0.4, -0.2) is 21.9 Å². The van der Waals surface area contributed by atoms with Crippen molar-refractivity contribution in [1.82, 2.24) is 14.8 Å². The van der Waals surface area contributed by atoms with Crippen LogP contribution < -0.4 is 4.74 Å². The summed E-state index contributed by atoms with van der Waals surface area (Å²) in [6.45, 7) is 0.559. The number of methoxy groups -OCH3 is 1. The molecular weight excluding hydrogens is 329 g/mol. The maximum atomic E-state index is 13.5. The first-order valence-corrected chi connectivity index (χ1v) is 7.77. The van der Waals surface area contributed by atoms with Crippen LogP contribution in [-0.2, 0) is 6.54 Å². The first kappa shape index (κ1) is 14.9. The number of aromatic nitrogens is 3. The number of benzene rings is 2. The lowest BCUT2D eigenvalue weighted by molar-refractivity contribution is 0.414. The van der Waals surface area contributed by atoms with E-state index in [-0.39, 0.29) is 5.82 Å². The Morgan fingerprint density at radius 2 is 1.92 bits per heavy atom. The van der Waals surface area contributed by atoms with Gasteiger partial charge in [0.1, 0.15) is 11.6 Å². The molecule has 4 nitrogen and oxygen atoms in total. The molecule has 0 spiro atoms. The molecule has 24 heavy (non-hydrogen) atoms. The van der Waals surface area contributed by atoms with Crippen LogP contribution in [0, 0.1) is 5.82 Å². The van der Waals surface area contributed by atoms with Crippen LogP contribution >= 0.6 is 11.6 Å². The highest BCUT2D eigenvalue weighted by molar-refractivity contribution is 6.40. The van der Waals surface area contributed by atoms with Crippen LogP contribution in [0.5, 0.6) is 5.75 Å². The first-order valence-electron chi connectivity index (χ1n) is 7.39. The highest BCUT2D eigenvalue weighted by Crippen LogP contribution is 2.30. The summed E-state index contributed by atoms with van der Waals surface area (Å²) in [5.41, 5.74) is 2.39. The summed E-state index contributed by atoms with van der Waals surface area (Å²) in [7, 11) is 1.63. The third-order valence-electron chi connectivity index (χ3n) is 3.96. The second-order valence-electron chi connectivity index (χ2n) is 5.47. The van der Waals surface area contributed by atoms with E-state index in [2.05, 4.69) is 10.1 Å². The minimum absolute atomic E-state index is 0.337. The smallest absolute Gasteiger partial charge is 0.160 e. The fraction of sp³-hybridized carbons (Fsp3) is 0.111. The van der Waals surface area contributed by atoms with Crippen molar-refractivity contribution in [2.24, 2.45) is 0 Å². The summed E-state index contributed by atoms with van der Waals surface area (Å²) >= 11 is 6.43. The maximum Gasteiger partial charge on any atom is 0.160 e. The van der Waals surface area contributed by atoms with Gasteiger partial charge >= 0.3 is 0 Å². The van der Waals surface area contributed by atoms with E-state index in [0.29, 0.717) is 33.5 Å². The molecular formula is C18H13ClFN3O. The Labute approximate surface area is 142 Å². The number of hydrogen-bond donors (Lipinski definition) is 0. The van der Waals surface area contributed by atoms with Gasteiger partial charge in [0.25, 0.3) is 0 Å². The molecule has 0 atom stereocenters. The van der Waals surface area contributed by atoms with Crippen molar-refractivity contribution in [3.05, 3.63) is 65.1 Å². The lowest BCUT2D eigenvalue weighted by atomic mass is 10.2. The lowest BCUT2D eigenvalue weighted by Gasteiger charge is -2.07. The Hall–Kier alpha value is -2.66. The Kier molecular flexibility index (Phi) is 3.58. The van der Waals surface area contributed by atoms with Gasteiger partial charge in [-0.2, -0.15) is 5.10 Å². The first-order chi connectivity index (χ1) is 11.7. The van der Waals surface area contributed by atoms with Crippen LogP contribution in [0.3, 0.4) is 0 Å². The van der Waals surface area contributed by atoms with Gasteiger partial charge in [0.15, 0.2) is 5.65 Å². The molecule has 2 aromatic heterocycles. The van der Waals surface area contributed by atoms with E-state index in [1.807, 2.05) is 24.3 Å². The fourth-order valence-corrected chi connectivity index (χ4v) is 3.00. The maximum absolute atomic E-state index is 13.5. The van der Waals surface area contributed by atoms with Crippen LogP contribution in [0.4, 0.5) is 4.39 Å². The normalized spacial score (nSPS) is 11.3. The quantitative estimate of drug-likeness (QED) is 0.553. The Balaban J connectivity index is 1.81. The summed E-state index contributed by atoms with van der Waals surface area (Å²) < 4.78 is 20.4. The van der Waals surface area contributed by atoms with Crippen LogP contribution in [0.2, 0.25) is 5.02 Å². The van der Waals surface area contributed by atoms with Crippen molar-refractivity contribution in [1.29, 1.82) is 0 Å². The van der Waals surface area contributed by atoms with E-state index in [0.717, 1.165) is 11.3 Å². The molecule has 0 unspecified atom stereocenters. The summed E-state index contributed by atoms with van der Waals surface area (Å²) in [6, 6.07) is 12.2. The summed E-state index contributed by atoms with van der Waals surface area (Å²) in [6.07, 6.45) is 1.67. The molecule has 0 aliphatic rings. The van der Waals surface area contributed by atoms with Crippen LogP contribution in [0.15, 0.2) is 48.7 Å². The average molecular weight is 342 g/mol. The minimum atomic E-state index is -0.337. The zero-order valence-electron chi connectivity index (χ0n) is 12.8. The van der Waals surface area contributed by atoms with Gasteiger partial charge in [-0.3, -0.25) is 0 Å². The monoisotopic (exact) mass is 341 g/mol. The van der Waals surface area contributed by atoms with E-state index in [1.54, 1.807) is 24.1 Å². The molecule has 0 saturated heterocycles. The van der Waals surface area contributed by atoms with Crippen molar-refractivity contribution in [3.63, 3.8) is 0 Å². The number of halogens is 2. The number of ether oxygens (including phenoxy) is 1. The number of hydrogen-bond acceptors (Lipinski definition) is 3. The van der Waals surface area contributed by atoms with Crippen molar-refractivity contribution in [2.75, 3.05) is 7.11 Å². The third kappa shape index (κ3) is 2.47. The molecule has 0 N–H and O–H groups in total. The van der Waals surface area contributed by atoms with Gasteiger partial charge in [0.05, 0.1) is 35.8 Å². The van der Waals surface area contributed by atoms with Crippen molar-refractivity contribution in [2.45, 2.75) is 6.54 Å². The largest absolute Gasteiger partial charge is 0.497 e. The summed E-state index contributed by atoms with van der Waals surface area (Å²) in [4.78, 5) is 4.59. The van der Waals surface area contributed by atoms with E-state index < -0.39 is 0 Å². The van der Waals surface area contributed by atoms with E-state index >= 15 is 0 Å². The molecule has 0 amide bonds.